The second kappa shape index (κ2) is 4.79. The highest BCUT2D eigenvalue weighted by atomic mass is 16.5. The molecule has 0 saturated carbocycles. The summed E-state index contributed by atoms with van der Waals surface area (Å²) in [6.45, 7) is 1.03. The molecule has 2 N–H and O–H groups in total. The summed E-state index contributed by atoms with van der Waals surface area (Å²) in [5.74, 6) is 0.712. The van der Waals surface area contributed by atoms with Crippen LogP contribution in [0.15, 0.2) is 28.8 Å². The highest BCUT2D eigenvalue weighted by molar-refractivity contribution is 5.88. The van der Waals surface area contributed by atoms with Crippen molar-refractivity contribution in [3.63, 3.8) is 0 Å². The Hall–Kier alpha value is -1.55. The smallest absolute Gasteiger partial charge is 0.232 e. The fourth-order valence-electron chi connectivity index (χ4n) is 1.46. The van der Waals surface area contributed by atoms with E-state index in [1.54, 1.807) is 0 Å². The van der Waals surface area contributed by atoms with Crippen molar-refractivity contribution in [1.82, 2.24) is 5.16 Å². The number of rotatable bonds is 5. The minimum absolute atomic E-state index is 0.235. The first-order valence-corrected chi connectivity index (χ1v) is 5.11. The SMILES string of the molecule is OCCCCNc1onc2ccccc12. The molecule has 4 nitrogen and oxygen atoms in total. The van der Waals surface area contributed by atoms with E-state index in [-0.39, 0.29) is 6.61 Å². The van der Waals surface area contributed by atoms with E-state index in [1.807, 2.05) is 24.3 Å². The number of benzene rings is 1. The number of aromatic nitrogens is 1. The van der Waals surface area contributed by atoms with Gasteiger partial charge in [-0.3, -0.25) is 0 Å². The van der Waals surface area contributed by atoms with Crippen molar-refractivity contribution in [3.8, 4) is 0 Å². The molecule has 0 amide bonds. The van der Waals surface area contributed by atoms with Crippen LogP contribution in [0.3, 0.4) is 0 Å². The molecule has 0 aliphatic heterocycles. The van der Waals surface area contributed by atoms with Crippen molar-refractivity contribution >= 4 is 16.8 Å². The third-order valence-electron chi connectivity index (χ3n) is 2.25. The van der Waals surface area contributed by atoms with Crippen molar-refractivity contribution in [2.45, 2.75) is 12.8 Å². The number of hydrogen-bond acceptors (Lipinski definition) is 4. The molecule has 0 spiro atoms. The molecule has 1 heterocycles. The van der Waals surface area contributed by atoms with Crippen molar-refractivity contribution < 1.29 is 9.63 Å². The Bertz CT molecular complexity index is 425. The van der Waals surface area contributed by atoms with Gasteiger partial charge in [0.25, 0.3) is 0 Å². The molecule has 0 radical (unpaired) electrons. The highest BCUT2D eigenvalue weighted by Crippen LogP contribution is 2.22. The van der Waals surface area contributed by atoms with Crippen molar-refractivity contribution in [2.75, 3.05) is 18.5 Å². The lowest BCUT2D eigenvalue weighted by atomic mass is 10.2. The summed E-state index contributed by atoms with van der Waals surface area (Å²) < 4.78 is 5.17. The van der Waals surface area contributed by atoms with Crippen LogP contribution in [0, 0.1) is 0 Å². The third kappa shape index (κ3) is 2.27. The summed E-state index contributed by atoms with van der Waals surface area (Å²) in [7, 11) is 0. The second-order valence-electron chi connectivity index (χ2n) is 3.39. The van der Waals surface area contributed by atoms with Gasteiger partial charge in [-0.05, 0) is 25.0 Å². The molecule has 0 aliphatic carbocycles. The van der Waals surface area contributed by atoms with Gasteiger partial charge in [-0.1, -0.05) is 17.3 Å². The van der Waals surface area contributed by atoms with Crippen molar-refractivity contribution in [2.24, 2.45) is 0 Å². The standard InChI is InChI=1S/C11H14N2O2/c14-8-4-3-7-12-11-9-5-1-2-6-10(9)13-15-11/h1-2,5-6,12,14H,3-4,7-8H2. The first-order valence-electron chi connectivity index (χ1n) is 5.11. The lowest BCUT2D eigenvalue weighted by Gasteiger charge is -2.00. The van der Waals surface area contributed by atoms with E-state index >= 15 is 0 Å². The van der Waals surface area contributed by atoms with Crippen LogP contribution in [-0.2, 0) is 0 Å². The maximum Gasteiger partial charge on any atom is 0.232 e. The molecular weight excluding hydrogens is 192 g/mol. The molecule has 80 valence electrons. The fraction of sp³-hybridized carbons (Fsp3) is 0.364. The van der Waals surface area contributed by atoms with Gasteiger partial charge >= 0.3 is 0 Å². The van der Waals surface area contributed by atoms with Gasteiger partial charge in [0.05, 0.1) is 5.39 Å². The van der Waals surface area contributed by atoms with Crippen LogP contribution in [-0.4, -0.2) is 23.4 Å². The monoisotopic (exact) mass is 206 g/mol. The zero-order chi connectivity index (χ0) is 10.5. The van der Waals surface area contributed by atoms with Gasteiger partial charge < -0.3 is 14.9 Å². The predicted molar refractivity (Wildman–Crippen MR) is 58.8 cm³/mol. The molecule has 0 saturated heterocycles. The molecule has 0 bridgehead atoms. The van der Waals surface area contributed by atoms with Crippen LogP contribution < -0.4 is 5.32 Å². The lowest BCUT2D eigenvalue weighted by Crippen LogP contribution is -2.01. The lowest BCUT2D eigenvalue weighted by molar-refractivity contribution is 0.286. The summed E-state index contributed by atoms with van der Waals surface area (Å²) in [5, 5.41) is 16.7. The number of fused-ring (bicyclic) bond motifs is 1. The molecular formula is C11H14N2O2. The number of nitrogens with one attached hydrogen (secondary N) is 1. The Morgan fingerprint density at radius 2 is 2.13 bits per heavy atom. The summed E-state index contributed by atoms with van der Waals surface area (Å²) in [6.07, 6.45) is 1.73. The van der Waals surface area contributed by atoms with Crippen LogP contribution in [0.1, 0.15) is 12.8 Å². The van der Waals surface area contributed by atoms with Crippen LogP contribution in [0.25, 0.3) is 10.9 Å². The number of unbranched alkanes of at least 4 members (excludes halogenated alkanes) is 1. The number of nitrogens with zero attached hydrogens (tertiary/aromatic N) is 1. The zero-order valence-electron chi connectivity index (χ0n) is 8.44. The molecule has 1 aromatic carbocycles. The Labute approximate surface area is 87.9 Å². The Balaban J connectivity index is 2.02. The topological polar surface area (TPSA) is 58.3 Å². The zero-order valence-corrected chi connectivity index (χ0v) is 8.44. The Morgan fingerprint density at radius 1 is 1.27 bits per heavy atom. The van der Waals surface area contributed by atoms with Gasteiger partial charge in [-0.15, -0.1) is 0 Å². The fourth-order valence-corrected chi connectivity index (χ4v) is 1.46. The van der Waals surface area contributed by atoms with E-state index in [0.717, 1.165) is 30.3 Å². The minimum Gasteiger partial charge on any atom is -0.396 e. The summed E-state index contributed by atoms with van der Waals surface area (Å²) >= 11 is 0. The summed E-state index contributed by atoms with van der Waals surface area (Å²) in [6, 6.07) is 7.77. The number of aliphatic hydroxyl groups is 1. The summed E-state index contributed by atoms with van der Waals surface area (Å²) in [5.41, 5.74) is 0.863. The maximum atomic E-state index is 8.63. The number of aliphatic hydroxyl groups excluding tert-OH is 1. The van der Waals surface area contributed by atoms with E-state index < -0.39 is 0 Å². The van der Waals surface area contributed by atoms with Gasteiger partial charge in [0.1, 0.15) is 5.52 Å². The van der Waals surface area contributed by atoms with Gasteiger partial charge in [0.2, 0.25) is 5.88 Å². The second-order valence-corrected chi connectivity index (χ2v) is 3.39. The van der Waals surface area contributed by atoms with E-state index in [9.17, 15) is 0 Å². The van der Waals surface area contributed by atoms with E-state index in [4.69, 9.17) is 9.63 Å². The normalized spacial score (nSPS) is 10.7. The minimum atomic E-state index is 0.235. The number of anilines is 1. The number of hydrogen-bond donors (Lipinski definition) is 2. The van der Waals surface area contributed by atoms with Crippen LogP contribution in [0.5, 0.6) is 0 Å². The first-order chi connectivity index (χ1) is 7.42. The van der Waals surface area contributed by atoms with Crippen molar-refractivity contribution in [1.29, 1.82) is 0 Å². The Morgan fingerprint density at radius 3 is 3.00 bits per heavy atom. The molecule has 0 atom stereocenters. The first kappa shape index (κ1) is 9.98. The largest absolute Gasteiger partial charge is 0.396 e. The quantitative estimate of drug-likeness (QED) is 0.735. The molecule has 0 aliphatic rings. The average molecular weight is 206 g/mol. The maximum absolute atomic E-state index is 8.63. The summed E-state index contributed by atoms with van der Waals surface area (Å²) in [4.78, 5) is 0. The Kier molecular flexibility index (Phi) is 3.19. The average Bonchev–Trinajstić information content (AvgIpc) is 2.68. The third-order valence-corrected chi connectivity index (χ3v) is 2.25. The van der Waals surface area contributed by atoms with Crippen LogP contribution in [0.4, 0.5) is 5.88 Å². The molecule has 2 rings (SSSR count). The van der Waals surface area contributed by atoms with Gasteiger partial charge in [-0.2, -0.15) is 0 Å². The molecule has 15 heavy (non-hydrogen) atoms. The molecule has 0 unspecified atom stereocenters. The molecule has 1 aromatic heterocycles. The predicted octanol–water partition coefficient (Wildman–Crippen LogP) is 2.01. The van der Waals surface area contributed by atoms with E-state index in [0.29, 0.717) is 5.88 Å². The van der Waals surface area contributed by atoms with E-state index in [1.165, 1.54) is 0 Å². The molecule has 4 heteroatoms. The van der Waals surface area contributed by atoms with Gasteiger partial charge in [0, 0.05) is 13.2 Å². The van der Waals surface area contributed by atoms with Crippen LogP contribution in [0.2, 0.25) is 0 Å². The van der Waals surface area contributed by atoms with Gasteiger partial charge in [0.15, 0.2) is 0 Å². The van der Waals surface area contributed by atoms with Crippen molar-refractivity contribution in [3.05, 3.63) is 24.3 Å². The van der Waals surface area contributed by atoms with Gasteiger partial charge in [-0.25, -0.2) is 0 Å². The van der Waals surface area contributed by atoms with Crippen LogP contribution >= 0.6 is 0 Å². The van der Waals surface area contributed by atoms with E-state index in [2.05, 4.69) is 10.5 Å². The molecule has 0 fully saturated rings. The highest BCUT2D eigenvalue weighted by Gasteiger charge is 2.05. The molecule has 2 aromatic rings.